The molecule has 0 radical (unpaired) electrons. The molecule has 1 unspecified atom stereocenters. The van der Waals surface area contributed by atoms with E-state index in [1.165, 1.54) is 0 Å². The van der Waals surface area contributed by atoms with Crippen LogP contribution in [0.5, 0.6) is 5.75 Å². The highest BCUT2D eigenvalue weighted by Crippen LogP contribution is 2.18. The highest BCUT2D eigenvalue weighted by atomic mass is 16.5. The smallest absolute Gasteiger partial charge is 0.223 e. The first-order valence-electron chi connectivity index (χ1n) is 6.45. The number of hydrogen-bond donors (Lipinski definition) is 2. The van der Waals surface area contributed by atoms with Crippen LogP contribution in [0, 0.1) is 11.3 Å². The van der Waals surface area contributed by atoms with Crippen LogP contribution in [-0.2, 0) is 4.79 Å². The Kier molecular flexibility index (Phi) is 5.39. The fraction of sp³-hybridized carbons (Fsp3) is 0.467. The van der Waals surface area contributed by atoms with Crippen molar-refractivity contribution in [3.8, 4) is 11.8 Å². The Morgan fingerprint density at radius 1 is 1.45 bits per heavy atom. The Morgan fingerprint density at radius 2 is 2.15 bits per heavy atom. The maximum atomic E-state index is 11.8. The van der Waals surface area contributed by atoms with Crippen LogP contribution in [0.25, 0.3) is 0 Å². The maximum absolute atomic E-state index is 11.8. The van der Waals surface area contributed by atoms with Crippen molar-refractivity contribution >= 4 is 11.6 Å². The molecule has 1 aromatic carbocycles. The van der Waals surface area contributed by atoms with E-state index in [9.17, 15) is 4.79 Å². The monoisotopic (exact) mass is 275 g/mol. The second kappa shape index (κ2) is 6.80. The van der Waals surface area contributed by atoms with Gasteiger partial charge >= 0.3 is 0 Å². The molecule has 2 N–H and O–H groups in total. The van der Waals surface area contributed by atoms with Gasteiger partial charge in [-0.1, -0.05) is 6.07 Å². The zero-order valence-electron chi connectivity index (χ0n) is 12.4. The standard InChI is InChI=1S/C15H21N3O2/c1-15(2,3)18-14(19)9-12(10-16)17-11-6-5-7-13(8-11)20-4/h5-8,12,17H,9H2,1-4H3,(H,18,19). The summed E-state index contributed by atoms with van der Waals surface area (Å²) in [6.07, 6.45) is 0.102. The number of carbonyl (C=O) groups is 1. The number of hydrogen-bond acceptors (Lipinski definition) is 4. The van der Waals surface area contributed by atoms with Crippen LogP contribution in [0.15, 0.2) is 24.3 Å². The fourth-order valence-electron chi connectivity index (χ4n) is 1.70. The van der Waals surface area contributed by atoms with Gasteiger partial charge in [-0.2, -0.15) is 5.26 Å². The zero-order valence-corrected chi connectivity index (χ0v) is 12.4. The third-order valence-electron chi connectivity index (χ3n) is 2.47. The van der Waals surface area contributed by atoms with Crippen molar-refractivity contribution in [1.29, 1.82) is 5.26 Å². The predicted octanol–water partition coefficient (Wildman–Crippen LogP) is 2.30. The fourth-order valence-corrected chi connectivity index (χ4v) is 1.70. The highest BCUT2D eigenvalue weighted by Gasteiger charge is 2.18. The molecule has 0 saturated heterocycles. The second-order valence-corrected chi connectivity index (χ2v) is 5.56. The van der Waals surface area contributed by atoms with Crippen molar-refractivity contribution < 1.29 is 9.53 Å². The molecule has 0 bridgehead atoms. The molecule has 0 aliphatic rings. The van der Waals surface area contributed by atoms with Gasteiger partial charge in [-0.15, -0.1) is 0 Å². The van der Waals surface area contributed by atoms with Gasteiger partial charge in [-0.3, -0.25) is 4.79 Å². The highest BCUT2D eigenvalue weighted by molar-refractivity contribution is 5.78. The number of benzene rings is 1. The largest absolute Gasteiger partial charge is 0.497 e. The minimum absolute atomic E-state index is 0.102. The number of nitrogens with zero attached hydrogens (tertiary/aromatic N) is 1. The zero-order chi connectivity index (χ0) is 15.2. The van der Waals surface area contributed by atoms with Crippen LogP contribution in [0.4, 0.5) is 5.69 Å². The molecule has 1 rings (SSSR count). The number of amides is 1. The molecule has 1 aromatic rings. The van der Waals surface area contributed by atoms with E-state index in [1.54, 1.807) is 13.2 Å². The number of rotatable bonds is 5. The molecular formula is C15H21N3O2. The summed E-state index contributed by atoms with van der Waals surface area (Å²) < 4.78 is 5.11. The molecule has 0 heterocycles. The molecule has 0 aliphatic carbocycles. The maximum Gasteiger partial charge on any atom is 0.223 e. The molecule has 0 aromatic heterocycles. The average Bonchev–Trinajstić information content (AvgIpc) is 2.36. The number of nitriles is 1. The molecule has 5 nitrogen and oxygen atoms in total. The Morgan fingerprint density at radius 3 is 2.70 bits per heavy atom. The molecule has 0 aliphatic heterocycles. The van der Waals surface area contributed by atoms with Gasteiger partial charge in [-0.05, 0) is 32.9 Å². The van der Waals surface area contributed by atoms with E-state index in [0.717, 1.165) is 5.69 Å². The van der Waals surface area contributed by atoms with Gasteiger partial charge in [0.25, 0.3) is 0 Å². The van der Waals surface area contributed by atoms with E-state index in [4.69, 9.17) is 10.00 Å². The van der Waals surface area contributed by atoms with Crippen LogP contribution in [0.1, 0.15) is 27.2 Å². The normalized spacial score (nSPS) is 12.2. The van der Waals surface area contributed by atoms with Crippen molar-refractivity contribution in [3.05, 3.63) is 24.3 Å². The molecule has 0 spiro atoms. The quantitative estimate of drug-likeness (QED) is 0.864. The number of anilines is 1. The molecule has 108 valence electrons. The van der Waals surface area contributed by atoms with Crippen molar-refractivity contribution in [1.82, 2.24) is 5.32 Å². The molecule has 20 heavy (non-hydrogen) atoms. The Bertz CT molecular complexity index is 501. The molecule has 1 atom stereocenters. The number of nitrogens with one attached hydrogen (secondary N) is 2. The molecule has 0 fully saturated rings. The number of ether oxygens (including phenoxy) is 1. The Balaban J connectivity index is 2.63. The number of carbonyl (C=O) groups excluding carboxylic acids is 1. The van der Waals surface area contributed by atoms with E-state index in [0.29, 0.717) is 5.75 Å². The minimum Gasteiger partial charge on any atom is -0.497 e. The van der Waals surface area contributed by atoms with Crippen molar-refractivity contribution in [2.24, 2.45) is 0 Å². The molecular weight excluding hydrogens is 254 g/mol. The van der Waals surface area contributed by atoms with Crippen LogP contribution >= 0.6 is 0 Å². The van der Waals surface area contributed by atoms with E-state index in [2.05, 4.69) is 16.7 Å². The first-order chi connectivity index (χ1) is 9.34. The van der Waals surface area contributed by atoms with Gasteiger partial charge in [0, 0.05) is 17.3 Å². The summed E-state index contributed by atoms with van der Waals surface area (Å²) in [6.45, 7) is 5.71. The lowest BCUT2D eigenvalue weighted by molar-refractivity contribution is -0.122. The van der Waals surface area contributed by atoms with E-state index < -0.39 is 6.04 Å². The van der Waals surface area contributed by atoms with Crippen molar-refractivity contribution in [2.45, 2.75) is 38.8 Å². The first kappa shape index (κ1) is 15.8. The lowest BCUT2D eigenvalue weighted by Gasteiger charge is -2.21. The van der Waals surface area contributed by atoms with Crippen LogP contribution < -0.4 is 15.4 Å². The summed E-state index contributed by atoms with van der Waals surface area (Å²) in [7, 11) is 1.58. The third kappa shape index (κ3) is 5.61. The third-order valence-corrected chi connectivity index (χ3v) is 2.47. The summed E-state index contributed by atoms with van der Waals surface area (Å²) in [4.78, 5) is 11.8. The van der Waals surface area contributed by atoms with Gasteiger partial charge in [0.15, 0.2) is 0 Å². The van der Waals surface area contributed by atoms with Gasteiger partial charge < -0.3 is 15.4 Å². The Labute approximate surface area is 119 Å². The van der Waals surface area contributed by atoms with Gasteiger partial charge in [0.1, 0.15) is 11.8 Å². The van der Waals surface area contributed by atoms with Gasteiger partial charge in [0.05, 0.1) is 19.6 Å². The van der Waals surface area contributed by atoms with E-state index in [-0.39, 0.29) is 17.9 Å². The summed E-state index contributed by atoms with van der Waals surface area (Å²) >= 11 is 0. The SMILES string of the molecule is COc1cccc(NC(C#N)CC(=O)NC(C)(C)C)c1. The second-order valence-electron chi connectivity index (χ2n) is 5.56. The first-order valence-corrected chi connectivity index (χ1v) is 6.45. The van der Waals surface area contributed by atoms with Crippen molar-refractivity contribution in [2.75, 3.05) is 12.4 Å². The van der Waals surface area contributed by atoms with Crippen LogP contribution in [0.2, 0.25) is 0 Å². The summed E-state index contributed by atoms with van der Waals surface area (Å²) in [5.41, 5.74) is 0.451. The minimum atomic E-state index is -0.579. The predicted molar refractivity (Wildman–Crippen MR) is 78.5 cm³/mol. The summed E-state index contributed by atoms with van der Waals surface area (Å²) in [5.74, 6) is 0.547. The van der Waals surface area contributed by atoms with Crippen LogP contribution in [0.3, 0.4) is 0 Å². The molecule has 0 saturated carbocycles. The summed E-state index contributed by atoms with van der Waals surface area (Å²) in [5, 5.41) is 15.0. The molecule has 1 amide bonds. The molecule has 5 heteroatoms. The number of methoxy groups -OCH3 is 1. The van der Waals surface area contributed by atoms with Crippen molar-refractivity contribution in [3.63, 3.8) is 0 Å². The van der Waals surface area contributed by atoms with Crippen LogP contribution in [-0.4, -0.2) is 24.6 Å². The topological polar surface area (TPSA) is 74.1 Å². The lowest BCUT2D eigenvalue weighted by Crippen LogP contribution is -2.42. The van der Waals surface area contributed by atoms with E-state index in [1.807, 2.05) is 39.0 Å². The van der Waals surface area contributed by atoms with Gasteiger partial charge in [0.2, 0.25) is 5.91 Å². The van der Waals surface area contributed by atoms with E-state index >= 15 is 0 Å². The van der Waals surface area contributed by atoms with Gasteiger partial charge in [-0.25, -0.2) is 0 Å². The average molecular weight is 275 g/mol. The summed E-state index contributed by atoms with van der Waals surface area (Å²) in [6, 6.07) is 8.77. The Hall–Kier alpha value is -2.22. The lowest BCUT2D eigenvalue weighted by atomic mass is 10.1.